The zero-order valence-electron chi connectivity index (χ0n) is 11.7. The molecule has 0 spiro atoms. The fourth-order valence-corrected chi connectivity index (χ4v) is 2.92. The van der Waals surface area contributed by atoms with E-state index in [2.05, 4.69) is 68.7 Å². The van der Waals surface area contributed by atoms with E-state index in [0.29, 0.717) is 0 Å². The number of para-hydroxylation sites is 1. The number of nitrogens with zero attached hydrogens (tertiary/aromatic N) is 1. The van der Waals surface area contributed by atoms with Crippen molar-refractivity contribution in [3.63, 3.8) is 0 Å². The molecule has 0 unspecified atom stereocenters. The van der Waals surface area contributed by atoms with E-state index in [1.165, 1.54) is 16.5 Å². The molecule has 1 aromatic heterocycles. The molecule has 106 valence electrons. The highest BCUT2D eigenvalue weighted by molar-refractivity contribution is 9.10. The summed E-state index contributed by atoms with van der Waals surface area (Å²) in [4.78, 5) is 4.50. The Labute approximate surface area is 133 Å². The van der Waals surface area contributed by atoms with Crippen molar-refractivity contribution < 1.29 is 0 Å². The summed E-state index contributed by atoms with van der Waals surface area (Å²) < 4.78 is 1.13. The van der Waals surface area contributed by atoms with Crippen LogP contribution in [-0.2, 0) is 13.0 Å². The second-order valence-corrected chi connectivity index (χ2v) is 5.96. The van der Waals surface area contributed by atoms with Gasteiger partial charge in [0.1, 0.15) is 0 Å². The van der Waals surface area contributed by atoms with Gasteiger partial charge in [-0.25, -0.2) is 0 Å². The number of nitrogens with one attached hydrogen (secondary N) is 1. The van der Waals surface area contributed by atoms with Crippen LogP contribution in [0.2, 0.25) is 0 Å². The Morgan fingerprint density at radius 3 is 2.76 bits per heavy atom. The lowest BCUT2D eigenvalue weighted by atomic mass is 10.1. The van der Waals surface area contributed by atoms with Crippen LogP contribution in [0.4, 0.5) is 0 Å². The third-order valence-electron chi connectivity index (χ3n) is 3.51. The highest BCUT2D eigenvalue weighted by atomic mass is 79.9. The number of halogens is 1. The van der Waals surface area contributed by atoms with E-state index < -0.39 is 0 Å². The number of hydrogen-bond acceptors (Lipinski definition) is 2. The first-order valence-electron chi connectivity index (χ1n) is 7.11. The fraction of sp³-hybridized carbons (Fsp3) is 0.167. The van der Waals surface area contributed by atoms with Crippen LogP contribution in [0.5, 0.6) is 0 Å². The monoisotopic (exact) mass is 340 g/mol. The SMILES string of the molecule is Brc1cccc(CNCCc2cccc3cccnc23)c1. The summed E-state index contributed by atoms with van der Waals surface area (Å²) in [5.74, 6) is 0. The molecular weight excluding hydrogens is 324 g/mol. The van der Waals surface area contributed by atoms with E-state index in [1.54, 1.807) is 0 Å². The van der Waals surface area contributed by atoms with Gasteiger partial charge in [0.15, 0.2) is 0 Å². The molecule has 3 aromatic rings. The van der Waals surface area contributed by atoms with Gasteiger partial charge in [-0.15, -0.1) is 0 Å². The lowest BCUT2D eigenvalue weighted by Gasteiger charge is -2.07. The first-order chi connectivity index (χ1) is 10.3. The Morgan fingerprint density at radius 1 is 1.00 bits per heavy atom. The van der Waals surface area contributed by atoms with Crippen molar-refractivity contribution in [3.05, 3.63) is 76.4 Å². The normalized spacial score (nSPS) is 10.9. The van der Waals surface area contributed by atoms with Crippen LogP contribution in [0.1, 0.15) is 11.1 Å². The topological polar surface area (TPSA) is 24.9 Å². The summed E-state index contributed by atoms with van der Waals surface area (Å²) in [5.41, 5.74) is 3.71. The highest BCUT2D eigenvalue weighted by Crippen LogP contribution is 2.16. The number of rotatable bonds is 5. The average molecular weight is 341 g/mol. The Bertz CT molecular complexity index is 735. The molecule has 0 aliphatic rings. The van der Waals surface area contributed by atoms with Gasteiger partial charge in [-0.3, -0.25) is 4.98 Å². The third kappa shape index (κ3) is 3.69. The Kier molecular flexibility index (Phi) is 4.63. The Balaban J connectivity index is 1.60. The van der Waals surface area contributed by atoms with E-state index in [9.17, 15) is 0 Å². The fourth-order valence-electron chi connectivity index (χ4n) is 2.47. The molecule has 2 aromatic carbocycles. The Morgan fingerprint density at radius 2 is 1.86 bits per heavy atom. The summed E-state index contributed by atoms with van der Waals surface area (Å²) in [5, 5.41) is 4.70. The number of fused-ring (bicyclic) bond motifs is 1. The molecule has 0 amide bonds. The van der Waals surface area contributed by atoms with Crippen molar-refractivity contribution in [2.75, 3.05) is 6.54 Å². The number of pyridine rings is 1. The number of benzene rings is 2. The second kappa shape index (κ2) is 6.83. The van der Waals surface area contributed by atoms with Gasteiger partial charge < -0.3 is 5.32 Å². The predicted octanol–water partition coefficient (Wildman–Crippen LogP) is 4.33. The molecule has 0 aliphatic heterocycles. The molecule has 1 heterocycles. The van der Waals surface area contributed by atoms with Crippen molar-refractivity contribution in [2.24, 2.45) is 0 Å². The zero-order valence-corrected chi connectivity index (χ0v) is 13.3. The highest BCUT2D eigenvalue weighted by Gasteiger charge is 2.01. The van der Waals surface area contributed by atoms with E-state index >= 15 is 0 Å². The van der Waals surface area contributed by atoms with Gasteiger partial charge in [0, 0.05) is 22.6 Å². The predicted molar refractivity (Wildman–Crippen MR) is 91.3 cm³/mol. The van der Waals surface area contributed by atoms with Gasteiger partial charge in [-0.1, -0.05) is 52.3 Å². The van der Waals surface area contributed by atoms with Crippen LogP contribution in [0.25, 0.3) is 10.9 Å². The lowest BCUT2D eigenvalue weighted by Crippen LogP contribution is -2.16. The van der Waals surface area contributed by atoms with E-state index in [-0.39, 0.29) is 0 Å². The van der Waals surface area contributed by atoms with Crippen LogP contribution in [-0.4, -0.2) is 11.5 Å². The molecule has 3 rings (SSSR count). The largest absolute Gasteiger partial charge is 0.312 e. The molecule has 3 heteroatoms. The maximum absolute atomic E-state index is 4.50. The minimum Gasteiger partial charge on any atom is -0.312 e. The van der Waals surface area contributed by atoms with Crippen LogP contribution >= 0.6 is 15.9 Å². The second-order valence-electron chi connectivity index (χ2n) is 5.05. The first kappa shape index (κ1) is 14.2. The third-order valence-corrected chi connectivity index (χ3v) is 4.00. The minimum absolute atomic E-state index is 0.887. The maximum atomic E-state index is 4.50. The smallest absolute Gasteiger partial charge is 0.0734 e. The van der Waals surface area contributed by atoms with Gasteiger partial charge >= 0.3 is 0 Å². The molecule has 0 saturated carbocycles. The molecule has 1 N–H and O–H groups in total. The molecule has 0 aliphatic carbocycles. The first-order valence-corrected chi connectivity index (χ1v) is 7.90. The van der Waals surface area contributed by atoms with E-state index in [1.807, 2.05) is 18.3 Å². The van der Waals surface area contributed by atoms with Crippen molar-refractivity contribution in [2.45, 2.75) is 13.0 Å². The quantitative estimate of drug-likeness (QED) is 0.699. The van der Waals surface area contributed by atoms with Crippen LogP contribution in [0, 0.1) is 0 Å². The number of hydrogen-bond donors (Lipinski definition) is 1. The molecule has 0 saturated heterocycles. The lowest BCUT2D eigenvalue weighted by molar-refractivity contribution is 0.688. The molecule has 0 bridgehead atoms. The van der Waals surface area contributed by atoms with Gasteiger partial charge in [0.05, 0.1) is 5.52 Å². The Hall–Kier alpha value is -1.71. The van der Waals surface area contributed by atoms with Gasteiger partial charge in [-0.05, 0) is 42.3 Å². The molecule has 21 heavy (non-hydrogen) atoms. The summed E-state index contributed by atoms with van der Waals surface area (Å²) in [6.45, 7) is 1.83. The average Bonchev–Trinajstić information content (AvgIpc) is 2.52. The summed E-state index contributed by atoms with van der Waals surface area (Å²) in [6.07, 6.45) is 2.85. The summed E-state index contributed by atoms with van der Waals surface area (Å²) in [6, 6.07) is 18.9. The molecular formula is C18H17BrN2. The van der Waals surface area contributed by atoms with Crippen molar-refractivity contribution in [3.8, 4) is 0 Å². The van der Waals surface area contributed by atoms with Crippen molar-refractivity contribution in [1.29, 1.82) is 0 Å². The van der Waals surface area contributed by atoms with Crippen LogP contribution in [0.15, 0.2) is 65.3 Å². The molecule has 2 nitrogen and oxygen atoms in total. The molecule has 0 fully saturated rings. The molecule has 0 atom stereocenters. The standard InChI is InChI=1S/C18H17BrN2/c19-17-8-1-4-14(12-17)13-20-11-9-16-6-2-5-15-7-3-10-21-18(15)16/h1-8,10,12,20H,9,11,13H2. The van der Waals surface area contributed by atoms with Crippen molar-refractivity contribution >= 4 is 26.8 Å². The summed E-state index contributed by atoms with van der Waals surface area (Å²) in [7, 11) is 0. The van der Waals surface area contributed by atoms with Gasteiger partial charge in [0.25, 0.3) is 0 Å². The van der Waals surface area contributed by atoms with E-state index in [4.69, 9.17) is 0 Å². The van der Waals surface area contributed by atoms with Crippen LogP contribution < -0.4 is 5.32 Å². The summed E-state index contributed by atoms with van der Waals surface area (Å²) >= 11 is 3.50. The number of aromatic nitrogens is 1. The van der Waals surface area contributed by atoms with Gasteiger partial charge in [0.2, 0.25) is 0 Å². The zero-order chi connectivity index (χ0) is 14.5. The van der Waals surface area contributed by atoms with E-state index in [0.717, 1.165) is 29.5 Å². The maximum Gasteiger partial charge on any atom is 0.0734 e. The minimum atomic E-state index is 0.887. The van der Waals surface area contributed by atoms with Gasteiger partial charge in [-0.2, -0.15) is 0 Å². The van der Waals surface area contributed by atoms with Crippen molar-refractivity contribution in [1.82, 2.24) is 10.3 Å². The molecule has 0 radical (unpaired) electrons. The van der Waals surface area contributed by atoms with Crippen LogP contribution in [0.3, 0.4) is 0 Å².